The molecule has 1 N–H and O–H groups in total. The van der Waals surface area contributed by atoms with Crippen molar-refractivity contribution in [2.45, 2.75) is 89.5 Å². The predicted molar refractivity (Wildman–Crippen MR) is 137 cm³/mol. The third-order valence-corrected chi connectivity index (χ3v) is 8.39. The molecule has 2 amide bonds. The van der Waals surface area contributed by atoms with E-state index in [4.69, 9.17) is 9.47 Å². The number of esters is 1. The maximum Gasteiger partial charge on any atom is 0.312 e. The van der Waals surface area contributed by atoms with Crippen LogP contribution in [0.15, 0.2) is 25.3 Å². The molecule has 3 unspecified atom stereocenters. The zero-order chi connectivity index (χ0) is 26.7. The molecule has 0 aromatic carbocycles. The molecular weight excluding hydrogens is 460 g/mol. The van der Waals surface area contributed by atoms with Crippen molar-refractivity contribution in [3.63, 3.8) is 0 Å². The van der Waals surface area contributed by atoms with Gasteiger partial charge < -0.3 is 24.4 Å². The summed E-state index contributed by atoms with van der Waals surface area (Å²) in [4.78, 5) is 44.9. The first kappa shape index (κ1) is 28.4. The van der Waals surface area contributed by atoms with Gasteiger partial charge in [-0.05, 0) is 65.2 Å². The van der Waals surface area contributed by atoms with Gasteiger partial charge in [0, 0.05) is 25.7 Å². The first-order chi connectivity index (χ1) is 17.1. The fourth-order valence-corrected chi connectivity index (χ4v) is 6.53. The van der Waals surface area contributed by atoms with Crippen LogP contribution in [0.4, 0.5) is 0 Å². The van der Waals surface area contributed by atoms with Gasteiger partial charge in [0.05, 0.1) is 18.1 Å². The third kappa shape index (κ3) is 4.74. The number of likely N-dealkylation sites (tertiary alicyclic amines) is 1. The van der Waals surface area contributed by atoms with E-state index in [1.165, 1.54) is 0 Å². The van der Waals surface area contributed by atoms with E-state index in [9.17, 15) is 19.5 Å². The maximum atomic E-state index is 14.1. The summed E-state index contributed by atoms with van der Waals surface area (Å²) in [6.45, 7) is 16.4. The van der Waals surface area contributed by atoms with Crippen molar-refractivity contribution in [2.24, 2.45) is 17.8 Å². The highest BCUT2D eigenvalue weighted by Gasteiger charge is 2.80. The van der Waals surface area contributed by atoms with Gasteiger partial charge >= 0.3 is 5.97 Å². The highest BCUT2D eigenvalue weighted by atomic mass is 16.6. The van der Waals surface area contributed by atoms with Gasteiger partial charge in [0.25, 0.3) is 0 Å². The Morgan fingerprint density at radius 1 is 1.25 bits per heavy atom. The minimum absolute atomic E-state index is 0.0242. The van der Waals surface area contributed by atoms with Gasteiger partial charge in [-0.25, -0.2) is 0 Å². The number of unbranched alkanes of at least 4 members (excludes halogenated alkanes) is 3. The molecule has 202 valence electrons. The minimum Gasteiger partial charge on any atom is -0.465 e. The first-order valence-corrected chi connectivity index (χ1v) is 13.4. The number of amides is 2. The van der Waals surface area contributed by atoms with E-state index in [0.29, 0.717) is 38.8 Å². The van der Waals surface area contributed by atoms with Crippen molar-refractivity contribution in [2.75, 3.05) is 26.3 Å². The summed E-state index contributed by atoms with van der Waals surface area (Å²) in [6.07, 6.45) is 7.44. The molecule has 3 rings (SSSR count). The van der Waals surface area contributed by atoms with E-state index in [-0.39, 0.29) is 37.0 Å². The Morgan fingerprint density at radius 3 is 2.58 bits per heavy atom. The molecule has 0 aromatic rings. The largest absolute Gasteiger partial charge is 0.465 e. The molecule has 6 atom stereocenters. The van der Waals surface area contributed by atoms with E-state index in [0.717, 1.165) is 12.8 Å². The van der Waals surface area contributed by atoms with E-state index < -0.39 is 35.0 Å². The molecule has 3 fully saturated rings. The minimum atomic E-state index is -1.07. The van der Waals surface area contributed by atoms with E-state index in [1.54, 1.807) is 22.0 Å². The first-order valence-electron chi connectivity index (χ1n) is 13.4. The standard InChI is InChI=1S/C28H44N2O6/c1-7-9-13-17-35-26(34)22-21-24(32)30(15-11-10-12-16-31)23(25(33)29(14-8-2)19(3)4)28(21)18-20(5)27(22,6)36-28/h7-8,19-23,31H,1-2,9-18H2,3-6H3/t20?,21-,22-,23?,27+,28?/m0/s1. The molecule has 8 nitrogen and oxygen atoms in total. The fraction of sp³-hybridized carbons (Fsp3) is 0.750. The molecule has 2 bridgehead atoms. The number of aliphatic hydroxyl groups excluding tert-OH is 1. The van der Waals surface area contributed by atoms with Crippen molar-refractivity contribution < 1.29 is 29.0 Å². The summed E-state index contributed by atoms with van der Waals surface area (Å²) in [7, 11) is 0. The molecule has 3 aliphatic heterocycles. The molecule has 1 spiro atoms. The molecule has 3 saturated heterocycles. The Labute approximate surface area is 215 Å². The van der Waals surface area contributed by atoms with Gasteiger partial charge in [0.15, 0.2) is 0 Å². The van der Waals surface area contributed by atoms with Gasteiger partial charge in [-0.1, -0.05) is 19.1 Å². The molecule has 36 heavy (non-hydrogen) atoms. The highest BCUT2D eigenvalue weighted by Crippen LogP contribution is 2.65. The van der Waals surface area contributed by atoms with Crippen molar-refractivity contribution in [3.05, 3.63) is 25.3 Å². The number of fused-ring (bicyclic) bond motifs is 1. The van der Waals surface area contributed by atoms with Crippen LogP contribution < -0.4 is 0 Å². The summed E-state index contributed by atoms with van der Waals surface area (Å²) in [5, 5.41) is 9.19. The SMILES string of the molecule is C=CCCCOC(=O)[C@@H]1[C@H]2C(=O)N(CCCCCO)C(C(=O)N(CC=C)C(C)C)C23CC(C)[C@@]1(C)O3. The van der Waals surface area contributed by atoms with Gasteiger partial charge in [-0.15, -0.1) is 13.2 Å². The Morgan fingerprint density at radius 2 is 1.97 bits per heavy atom. The van der Waals surface area contributed by atoms with Crippen LogP contribution in [0.5, 0.6) is 0 Å². The van der Waals surface area contributed by atoms with Crippen LogP contribution in [-0.4, -0.2) is 82.3 Å². The molecule has 8 heteroatoms. The number of hydrogen-bond acceptors (Lipinski definition) is 6. The lowest BCUT2D eigenvalue weighted by atomic mass is 9.62. The van der Waals surface area contributed by atoms with Gasteiger partial charge in [-0.2, -0.15) is 0 Å². The van der Waals surface area contributed by atoms with Gasteiger partial charge in [-0.3, -0.25) is 14.4 Å². The maximum absolute atomic E-state index is 14.1. The van der Waals surface area contributed by atoms with Gasteiger partial charge in [0.2, 0.25) is 11.8 Å². The number of rotatable bonds is 14. The average molecular weight is 505 g/mol. The molecule has 0 aliphatic carbocycles. The van der Waals surface area contributed by atoms with Crippen LogP contribution in [0.25, 0.3) is 0 Å². The zero-order valence-corrected chi connectivity index (χ0v) is 22.4. The Kier molecular flexibility index (Phi) is 9.04. The second-order valence-electron chi connectivity index (χ2n) is 11.0. The van der Waals surface area contributed by atoms with Crippen LogP contribution in [0.1, 0.15) is 66.2 Å². The van der Waals surface area contributed by atoms with Crippen molar-refractivity contribution in [1.82, 2.24) is 9.80 Å². The lowest BCUT2D eigenvalue weighted by molar-refractivity contribution is -0.162. The second kappa shape index (κ2) is 11.5. The lowest BCUT2D eigenvalue weighted by Gasteiger charge is -2.38. The summed E-state index contributed by atoms with van der Waals surface area (Å²) in [6, 6.07) is -0.899. The Balaban J connectivity index is 2.00. The van der Waals surface area contributed by atoms with Crippen molar-refractivity contribution in [3.8, 4) is 0 Å². The zero-order valence-electron chi connectivity index (χ0n) is 22.4. The Bertz CT molecular complexity index is 859. The summed E-state index contributed by atoms with van der Waals surface area (Å²) >= 11 is 0. The summed E-state index contributed by atoms with van der Waals surface area (Å²) < 4.78 is 12.4. The summed E-state index contributed by atoms with van der Waals surface area (Å²) in [5.41, 5.74) is -1.95. The monoisotopic (exact) mass is 504 g/mol. The Hall–Kier alpha value is -2.19. The quantitative estimate of drug-likeness (QED) is 0.222. The third-order valence-electron chi connectivity index (χ3n) is 8.39. The smallest absolute Gasteiger partial charge is 0.312 e. The number of hydrogen-bond donors (Lipinski definition) is 1. The highest BCUT2D eigenvalue weighted by molar-refractivity contribution is 5.98. The molecule has 0 saturated carbocycles. The van der Waals surface area contributed by atoms with Crippen molar-refractivity contribution in [1.29, 1.82) is 0 Å². The molecule has 0 aromatic heterocycles. The van der Waals surface area contributed by atoms with Crippen LogP contribution in [0.2, 0.25) is 0 Å². The van der Waals surface area contributed by atoms with Crippen LogP contribution in [0, 0.1) is 17.8 Å². The van der Waals surface area contributed by atoms with Crippen LogP contribution >= 0.6 is 0 Å². The number of carbonyl (C=O) groups is 3. The average Bonchev–Trinajstić information content (AvgIpc) is 3.34. The molecule has 3 aliphatic rings. The second-order valence-corrected chi connectivity index (χ2v) is 11.0. The van der Waals surface area contributed by atoms with Crippen LogP contribution in [0.3, 0.4) is 0 Å². The molecule has 0 radical (unpaired) electrons. The number of carbonyl (C=O) groups excluding carboxylic acids is 3. The summed E-state index contributed by atoms with van der Waals surface area (Å²) in [5.74, 6) is -2.34. The fourth-order valence-electron chi connectivity index (χ4n) is 6.53. The lowest BCUT2D eigenvalue weighted by Crippen LogP contribution is -2.57. The molecular formula is C28H44N2O6. The van der Waals surface area contributed by atoms with Crippen molar-refractivity contribution >= 4 is 17.8 Å². The number of allylic oxidation sites excluding steroid dienone is 1. The number of ether oxygens (including phenoxy) is 2. The number of aliphatic hydroxyl groups is 1. The normalized spacial score (nSPS) is 32.6. The van der Waals surface area contributed by atoms with Gasteiger partial charge in [0.1, 0.15) is 17.6 Å². The van der Waals surface area contributed by atoms with E-state index in [1.807, 2.05) is 27.7 Å². The van der Waals surface area contributed by atoms with E-state index >= 15 is 0 Å². The van der Waals surface area contributed by atoms with E-state index in [2.05, 4.69) is 13.2 Å². The topological polar surface area (TPSA) is 96.4 Å². The predicted octanol–water partition coefficient (Wildman–Crippen LogP) is 3.09. The molecule has 3 heterocycles. The number of nitrogens with zero attached hydrogens (tertiary/aromatic N) is 2. The van der Waals surface area contributed by atoms with Crippen LogP contribution in [-0.2, 0) is 23.9 Å².